The lowest BCUT2D eigenvalue weighted by Gasteiger charge is -2.08. The van der Waals surface area contributed by atoms with Crippen LogP contribution in [0.5, 0.6) is 0 Å². The van der Waals surface area contributed by atoms with Gasteiger partial charge in [-0.15, -0.1) is 0 Å². The van der Waals surface area contributed by atoms with Gasteiger partial charge in [0.2, 0.25) is 0 Å². The minimum absolute atomic E-state index is 0.218. The molecule has 0 saturated carbocycles. The Morgan fingerprint density at radius 2 is 1.25 bits per heavy atom. The average molecular weight is 373 g/mol. The second kappa shape index (κ2) is 8.95. The molecule has 0 bridgehead atoms. The summed E-state index contributed by atoms with van der Waals surface area (Å²) in [4.78, 5) is 28.9. The van der Waals surface area contributed by atoms with Crippen molar-refractivity contribution in [2.45, 2.75) is 26.9 Å². The fraction of sp³-hybridized carbons (Fsp3) is 0.174. The summed E-state index contributed by atoms with van der Waals surface area (Å²) in [6.07, 6.45) is 1.47. The maximum absolute atomic E-state index is 12.4. The van der Waals surface area contributed by atoms with Gasteiger partial charge in [0.05, 0.1) is 0 Å². The molecule has 2 N–H and O–H groups in total. The average Bonchev–Trinajstić information content (AvgIpc) is 2.72. The van der Waals surface area contributed by atoms with Gasteiger partial charge in [-0.1, -0.05) is 59.7 Å². The van der Waals surface area contributed by atoms with E-state index in [0.29, 0.717) is 18.7 Å². The number of nitrogens with zero attached hydrogens (tertiary/aromatic N) is 1. The Balaban J connectivity index is 1.58. The normalized spacial score (nSPS) is 10.4. The van der Waals surface area contributed by atoms with Gasteiger partial charge in [-0.25, -0.2) is 0 Å². The summed E-state index contributed by atoms with van der Waals surface area (Å²) in [6, 6.07) is 19.0. The number of hydrogen-bond acceptors (Lipinski definition) is 3. The van der Waals surface area contributed by atoms with Gasteiger partial charge in [0, 0.05) is 24.8 Å². The summed E-state index contributed by atoms with van der Waals surface area (Å²) in [5.74, 6) is -0.552. The molecule has 142 valence electrons. The Morgan fingerprint density at radius 1 is 0.750 bits per heavy atom. The first-order chi connectivity index (χ1) is 13.5. The molecule has 0 aliphatic carbocycles. The van der Waals surface area contributed by atoms with E-state index in [1.807, 2.05) is 62.4 Å². The van der Waals surface area contributed by atoms with Crippen LogP contribution in [0.3, 0.4) is 0 Å². The maximum Gasteiger partial charge on any atom is 0.270 e. The van der Waals surface area contributed by atoms with Crippen molar-refractivity contribution in [2.24, 2.45) is 0 Å². The molecule has 0 unspecified atom stereocenters. The van der Waals surface area contributed by atoms with Gasteiger partial charge in [0.15, 0.2) is 0 Å². The van der Waals surface area contributed by atoms with Gasteiger partial charge >= 0.3 is 0 Å². The number of carbonyl (C=O) groups excluding carboxylic acids is 2. The van der Waals surface area contributed by atoms with E-state index in [1.54, 1.807) is 6.07 Å². The minimum atomic E-state index is -0.311. The van der Waals surface area contributed by atoms with Gasteiger partial charge in [0.25, 0.3) is 11.8 Å². The first-order valence-corrected chi connectivity index (χ1v) is 9.15. The van der Waals surface area contributed by atoms with Crippen molar-refractivity contribution in [3.63, 3.8) is 0 Å². The predicted octanol–water partition coefficient (Wildman–Crippen LogP) is 3.56. The van der Waals surface area contributed by atoms with E-state index in [2.05, 4.69) is 15.6 Å². The molecule has 0 atom stereocenters. The number of nitrogens with one attached hydrogen (secondary N) is 2. The molecule has 2 aromatic carbocycles. The van der Waals surface area contributed by atoms with Crippen molar-refractivity contribution < 1.29 is 9.59 Å². The van der Waals surface area contributed by atoms with Crippen molar-refractivity contribution >= 4 is 11.8 Å². The second-order valence-corrected chi connectivity index (χ2v) is 6.77. The van der Waals surface area contributed by atoms with E-state index in [-0.39, 0.29) is 17.5 Å². The van der Waals surface area contributed by atoms with E-state index in [0.717, 1.165) is 11.1 Å². The lowest BCUT2D eigenvalue weighted by molar-refractivity contribution is 0.0946. The van der Waals surface area contributed by atoms with Crippen molar-refractivity contribution in [1.29, 1.82) is 0 Å². The van der Waals surface area contributed by atoms with Crippen LogP contribution in [0, 0.1) is 13.8 Å². The highest BCUT2D eigenvalue weighted by molar-refractivity contribution is 5.98. The highest BCUT2D eigenvalue weighted by Gasteiger charge is 2.12. The molecule has 28 heavy (non-hydrogen) atoms. The zero-order valence-corrected chi connectivity index (χ0v) is 16.0. The fourth-order valence-corrected chi connectivity index (χ4v) is 2.67. The minimum Gasteiger partial charge on any atom is -0.348 e. The molecule has 5 nitrogen and oxygen atoms in total. The molecule has 0 radical (unpaired) electrons. The molecule has 1 heterocycles. The third-order valence-corrected chi connectivity index (χ3v) is 4.40. The summed E-state index contributed by atoms with van der Waals surface area (Å²) < 4.78 is 0. The summed E-state index contributed by atoms with van der Waals surface area (Å²) in [5.41, 5.74) is 4.99. The number of aromatic nitrogens is 1. The van der Waals surface area contributed by atoms with Crippen molar-refractivity contribution in [2.75, 3.05) is 0 Å². The molecule has 0 spiro atoms. The first kappa shape index (κ1) is 19.3. The van der Waals surface area contributed by atoms with Gasteiger partial charge in [-0.3, -0.25) is 14.6 Å². The highest BCUT2D eigenvalue weighted by Crippen LogP contribution is 2.07. The highest BCUT2D eigenvalue weighted by atomic mass is 16.2. The molecule has 0 saturated heterocycles. The molecule has 5 heteroatoms. The van der Waals surface area contributed by atoms with Crippen LogP contribution in [0.15, 0.2) is 66.9 Å². The van der Waals surface area contributed by atoms with Crippen molar-refractivity contribution in [3.05, 3.63) is 100 Å². The molecule has 0 fully saturated rings. The zero-order valence-electron chi connectivity index (χ0n) is 16.0. The Bertz CT molecular complexity index is 887. The van der Waals surface area contributed by atoms with Crippen molar-refractivity contribution in [1.82, 2.24) is 15.6 Å². The Kier molecular flexibility index (Phi) is 6.17. The number of carbonyl (C=O) groups is 2. The predicted molar refractivity (Wildman–Crippen MR) is 109 cm³/mol. The van der Waals surface area contributed by atoms with E-state index in [4.69, 9.17) is 0 Å². The van der Waals surface area contributed by atoms with Crippen LogP contribution in [0.2, 0.25) is 0 Å². The van der Waals surface area contributed by atoms with E-state index < -0.39 is 0 Å². The number of amides is 2. The molecule has 3 rings (SSSR count). The number of hydrogen-bond donors (Lipinski definition) is 2. The first-order valence-electron chi connectivity index (χ1n) is 9.15. The summed E-state index contributed by atoms with van der Waals surface area (Å²) in [6.45, 7) is 4.87. The van der Waals surface area contributed by atoms with Crippen LogP contribution in [-0.2, 0) is 13.1 Å². The lowest BCUT2D eigenvalue weighted by Crippen LogP contribution is -2.26. The fourth-order valence-electron chi connectivity index (χ4n) is 2.67. The van der Waals surface area contributed by atoms with Gasteiger partial charge in [-0.2, -0.15) is 0 Å². The number of benzene rings is 2. The van der Waals surface area contributed by atoms with Gasteiger partial charge in [0.1, 0.15) is 5.69 Å². The maximum atomic E-state index is 12.4. The van der Waals surface area contributed by atoms with Crippen molar-refractivity contribution in [3.8, 4) is 0 Å². The third kappa shape index (κ3) is 5.27. The Hall–Kier alpha value is -3.47. The Morgan fingerprint density at radius 3 is 1.79 bits per heavy atom. The SMILES string of the molecule is Cc1ccc(CNC(=O)c2ccnc(C(=O)NCc3ccc(C)cc3)c2)cc1. The molecule has 1 aromatic heterocycles. The van der Waals surface area contributed by atoms with Crippen LogP contribution in [-0.4, -0.2) is 16.8 Å². The summed E-state index contributed by atoms with van der Waals surface area (Å²) >= 11 is 0. The second-order valence-electron chi connectivity index (χ2n) is 6.77. The molecular formula is C23H23N3O2. The number of aryl methyl sites for hydroxylation is 2. The molecular weight excluding hydrogens is 350 g/mol. The van der Waals surface area contributed by atoms with Crippen LogP contribution < -0.4 is 10.6 Å². The third-order valence-electron chi connectivity index (χ3n) is 4.40. The standard InChI is InChI=1S/C23H23N3O2/c1-16-3-7-18(8-4-16)14-25-22(27)20-11-12-24-21(13-20)23(28)26-15-19-9-5-17(2)6-10-19/h3-13H,14-15H2,1-2H3,(H,25,27)(H,26,28). The monoisotopic (exact) mass is 373 g/mol. The van der Waals surface area contributed by atoms with E-state index >= 15 is 0 Å². The van der Waals surface area contributed by atoms with Gasteiger partial charge in [-0.05, 0) is 37.1 Å². The molecule has 3 aromatic rings. The van der Waals surface area contributed by atoms with Crippen LogP contribution in [0.4, 0.5) is 0 Å². The number of rotatable bonds is 6. The zero-order chi connectivity index (χ0) is 19.9. The lowest BCUT2D eigenvalue weighted by atomic mass is 10.1. The smallest absolute Gasteiger partial charge is 0.270 e. The van der Waals surface area contributed by atoms with Crippen LogP contribution in [0.25, 0.3) is 0 Å². The number of pyridine rings is 1. The quantitative estimate of drug-likeness (QED) is 0.694. The van der Waals surface area contributed by atoms with Crippen LogP contribution >= 0.6 is 0 Å². The summed E-state index contributed by atoms with van der Waals surface area (Å²) in [7, 11) is 0. The molecule has 2 amide bonds. The van der Waals surface area contributed by atoms with Gasteiger partial charge < -0.3 is 10.6 Å². The summed E-state index contributed by atoms with van der Waals surface area (Å²) in [5, 5.41) is 5.70. The van der Waals surface area contributed by atoms with Crippen LogP contribution in [0.1, 0.15) is 43.1 Å². The topological polar surface area (TPSA) is 71.1 Å². The molecule has 0 aliphatic rings. The van der Waals surface area contributed by atoms with E-state index in [9.17, 15) is 9.59 Å². The van der Waals surface area contributed by atoms with E-state index in [1.165, 1.54) is 23.4 Å². The molecule has 0 aliphatic heterocycles. The Labute approximate surface area is 164 Å². The largest absolute Gasteiger partial charge is 0.348 e.